The lowest BCUT2D eigenvalue weighted by Crippen LogP contribution is -2.33. The summed E-state index contributed by atoms with van der Waals surface area (Å²) in [6.07, 6.45) is 1.14. The molecule has 0 fully saturated rings. The number of carbonyl (C=O) groups is 4. The molecule has 2 aromatic carbocycles. The molecule has 30 heavy (non-hydrogen) atoms. The summed E-state index contributed by atoms with van der Waals surface area (Å²) in [4.78, 5) is 50.3. The highest BCUT2D eigenvalue weighted by Crippen LogP contribution is 2.38. The van der Waals surface area contributed by atoms with Crippen molar-refractivity contribution < 1.29 is 36.7 Å². The van der Waals surface area contributed by atoms with Crippen molar-refractivity contribution in [3.63, 3.8) is 0 Å². The monoisotopic (exact) mass is 421 g/mol. The summed E-state index contributed by atoms with van der Waals surface area (Å²) in [5.41, 5.74) is -2.90. The number of halogens is 4. The summed E-state index contributed by atoms with van der Waals surface area (Å²) in [6, 6.07) is 2.73. The lowest BCUT2D eigenvalue weighted by molar-refractivity contribution is 0.0924. The first-order valence-electron chi connectivity index (χ1n) is 8.96. The van der Waals surface area contributed by atoms with Crippen molar-refractivity contribution in [2.24, 2.45) is 0 Å². The van der Waals surface area contributed by atoms with Crippen LogP contribution in [0.1, 0.15) is 74.2 Å². The molecule has 156 valence electrons. The number of hydrogen-bond donors (Lipinski definition) is 0. The highest BCUT2D eigenvalue weighted by molar-refractivity contribution is 6.36. The molecular formula is C21H15F4NO4. The molecule has 0 aliphatic carbocycles. The summed E-state index contributed by atoms with van der Waals surface area (Å²) in [5.74, 6) is -12.8. The van der Waals surface area contributed by atoms with Crippen molar-refractivity contribution >= 4 is 29.1 Å². The molecule has 1 aliphatic heterocycles. The van der Waals surface area contributed by atoms with E-state index >= 15 is 0 Å². The predicted molar refractivity (Wildman–Crippen MR) is 97.9 cm³/mol. The number of anilines is 1. The van der Waals surface area contributed by atoms with E-state index in [9.17, 15) is 36.7 Å². The Labute approximate surface area is 168 Å². The van der Waals surface area contributed by atoms with Gasteiger partial charge in [-0.2, -0.15) is 0 Å². The first kappa shape index (κ1) is 21.4. The van der Waals surface area contributed by atoms with Gasteiger partial charge < -0.3 is 0 Å². The van der Waals surface area contributed by atoms with Gasteiger partial charge in [-0.1, -0.05) is 13.3 Å². The number of amides is 2. The first-order chi connectivity index (χ1) is 14.0. The maximum Gasteiger partial charge on any atom is 0.269 e. The van der Waals surface area contributed by atoms with Crippen LogP contribution in [0.3, 0.4) is 0 Å². The van der Waals surface area contributed by atoms with Crippen LogP contribution in [-0.4, -0.2) is 23.4 Å². The quantitative estimate of drug-likeness (QED) is 0.236. The SMILES string of the molecule is CCCc1cc(C(C)=O)c(N2C(=O)c3c(F)c(F)c(F)c(F)c3C2=O)c(C(C)=O)c1. The van der Waals surface area contributed by atoms with Crippen molar-refractivity contribution in [3.8, 4) is 0 Å². The number of ketones is 2. The third-order valence-corrected chi connectivity index (χ3v) is 4.79. The minimum atomic E-state index is -2.24. The molecule has 1 aliphatic rings. The van der Waals surface area contributed by atoms with Gasteiger partial charge in [0.2, 0.25) is 0 Å². The Hall–Kier alpha value is -3.36. The standard InChI is InChI=1S/C21H15F4NO4/c1-4-5-10-6-11(8(2)27)19(12(7-10)9(3)28)26-20(29)13-14(21(26)30)16(23)18(25)17(24)15(13)22/h6-7H,4-5H2,1-3H3. The fourth-order valence-electron chi connectivity index (χ4n) is 3.46. The second kappa shape index (κ2) is 7.47. The van der Waals surface area contributed by atoms with Crippen molar-refractivity contribution in [1.29, 1.82) is 0 Å². The average Bonchev–Trinajstić information content (AvgIpc) is 2.94. The highest BCUT2D eigenvalue weighted by atomic mass is 19.2. The Bertz CT molecular complexity index is 1070. The maximum atomic E-state index is 14.2. The molecule has 2 aromatic rings. The lowest BCUT2D eigenvalue weighted by atomic mass is 9.95. The number of hydrogen-bond acceptors (Lipinski definition) is 4. The minimum Gasteiger partial charge on any atom is -0.294 e. The predicted octanol–water partition coefficient (Wildman–Crippen LogP) is 4.40. The molecule has 0 unspecified atom stereocenters. The second-order valence-corrected chi connectivity index (χ2v) is 6.85. The van der Waals surface area contributed by atoms with E-state index in [0.717, 1.165) is 13.8 Å². The van der Waals surface area contributed by atoms with E-state index in [1.165, 1.54) is 12.1 Å². The third-order valence-electron chi connectivity index (χ3n) is 4.79. The summed E-state index contributed by atoms with van der Waals surface area (Å²) >= 11 is 0. The normalized spacial score (nSPS) is 13.1. The Morgan fingerprint density at radius 1 is 0.800 bits per heavy atom. The number of fused-ring (bicyclic) bond motifs is 1. The molecular weight excluding hydrogens is 406 g/mol. The van der Waals surface area contributed by atoms with Crippen molar-refractivity contribution in [3.05, 3.63) is 63.2 Å². The fourth-order valence-corrected chi connectivity index (χ4v) is 3.46. The van der Waals surface area contributed by atoms with Crippen LogP contribution in [0.25, 0.3) is 0 Å². The smallest absolute Gasteiger partial charge is 0.269 e. The molecule has 2 amide bonds. The van der Waals surface area contributed by atoms with Gasteiger partial charge in [0.1, 0.15) is 0 Å². The molecule has 9 heteroatoms. The summed E-state index contributed by atoms with van der Waals surface area (Å²) in [7, 11) is 0. The van der Waals surface area contributed by atoms with Gasteiger partial charge in [0.05, 0.1) is 16.8 Å². The molecule has 0 saturated heterocycles. The van der Waals surface area contributed by atoms with E-state index in [2.05, 4.69) is 0 Å². The minimum absolute atomic E-state index is 0.206. The Morgan fingerprint density at radius 3 is 1.53 bits per heavy atom. The van der Waals surface area contributed by atoms with E-state index in [-0.39, 0.29) is 16.0 Å². The molecule has 0 atom stereocenters. The van der Waals surface area contributed by atoms with Crippen LogP contribution in [0.15, 0.2) is 12.1 Å². The number of rotatable bonds is 5. The van der Waals surface area contributed by atoms with Crippen LogP contribution in [0.4, 0.5) is 23.2 Å². The molecule has 3 rings (SSSR count). The Morgan fingerprint density at radius 2 is 1.20 bits per heavy atom. The van der Waals surface area contributed by atoms with Crippen LogP contribution in [0, 0.1) is 23.3 Å². The fraction of sp³-hybridized carbons (Fsp3) is 0.238. The zero-order chi connectivity index (χ0) is 22.5. The zero-order valence-electron chi connectivity index (χ0n) is 16.2. The molecule has 0 aromatic heterocycles. The van der Waals surface area contributed by atoms with Gasteiger partial charge in [0, 0.05) is 11.1 Å². The topological polar surface area (TPSA) is 71.5 Å². The van der Waals surface area contributed by atoms with E-state index in [1.807, 2.05) is 6.92 Å². The van der Waals surface area contributed by atoms with Crippen LogP contribution in [0.2, 0.25) is 0 Å². The second-order valence-electron chi connectivity index (χ2n) is 6.85. The summed E-state index contributed by atoms with van der Waals surface area (Å²) < 4.78 is 55.7. The maximum absolute atomic E-state index is 14.2. The first-order valence-corrected chi connectivity index (χ1v) is 8.96. The molecule has 5 nitrogen and oxygen atoms in total. The molecule has 0 N–H and O–H groups in total. The molecule has 0 bridgehead atoms. The average molecular weight is 421 g/mol. The van der Waals surface area contributed by atoms with Gasteiger partial charge in [0.15, 0.2) is 34.8 Å². The molecule has 0 radical (unpaired) electrons. The van der Waals surface area contributed by atoms with E-state index < -0.39 is 63.5 Å². The largest absolute Gasteiger partial charge is 0.294 e. The van der Waals surface area contributed by atoms with Gasteiger partial charge in [-0.3, -0.25) is 19.2 Å². The number of imide groups is 1. The Kier molecular flexibility index (Phi) is 5.32. The number of aryl methyl sites for hydroxylation is 1. The Balaban J connectivity index is 2.36. The van der Waals surface area contributed by atoms with Crippen LogP contribution < -0.4 is 4.90 Å². The van der Waals surface area contributed by atoms with E-state index in [4.69, 9.17) is 0 Å². The van der Waals surface area contributed by atoms with Gasteiger partial charge in [-0.05, 0) is 38.0 Å². The lowest BCUT2D eigenvalue weighted by Gasteiger charge is -2.21. The van der Waals surface area contributed by atoms with Gasteiger partial charge in [0.25, 0.3) is 11.8 Å². The van der Waals surface area contributed by atoms with Crippen molar-refractivity contribution in [2.75, 3.05) is 4.90 Å². The molecule has 0 spiro atoms. The third kappa shape index (κ3) is 3.01. The van der Waals surface area contributed by atoms with Crippen LogP contribution in [0.5, 0.6) is 0 Å². The van der Waals surface area contributed by atoms with E-state index in [1.54, 1.807) is 0 Å². The van der Waals surface area contributed by atoms with Crippen molar-refractivity contribution in [2.45, 2.75) is 33.6 Å². The van der Waals surface area contributed by atoms with Crippen LogP contribution in [-0.2, 0) is 6.42 Å². The van der Waals surface area contributed by atoms with E-state index in [0.29, 0.717) is 18.4 Å². The van der Waals surface area contributed by atoms with Crippen molar-refractivity contribution in [1.82, 2.24) is 0 Å². The van der Waals surface area contributed by atoms with Gasteiger partial charge in [-0.25, -0.2) is 22.5 Å². The number of Topliss-reactive ketones (excluding diaryl/α,β-unsaturated/α-hetero) is 2. The zero-order valence-corrected chi connectivity index (χ0v) is 16.2. The summed E-state index contributed by atoms with van der Waals surface area (Å²) in [6.45, 7) is 4.10. The van der Waals surface area contributed by atoms with Crippen LogP contribution >= 0.6 is 0 Å². The van der Waals surface area contributed by atoms with Gasteiger partial charge >= 0.3 is 0 Å². The number of nitrogens with zero attached hydrogens (tertiary/aromatic N) is 1. The highest BCUT2D eigenvalue weighted by Gasteiger charge is 2.46. The molecule has 0 saturated carbocycles. The summed E-state index contributed by atoms with van der Waals surface area (Å²) in [5, 5.41) is 0. The van der Waals surface area contributed by atoms with Gasteiger partial charge in [-0.15, -0.1) is 0 Å². The number of benzene rings is 2. The number of carbonyl (C=O) groups excluding carboxylic acids is 4. The molecule has 1 heterocycles.